The van der Waals surface area contributed by atoms with E-state index in [0.29, 0.717) is 0 Å². The molecule has 0 fully saturated rings. The van der Waals surface area contributed by atoms with Crippen LogP contribution in [0.2, 0.25) is 0 Å². The van der Waals surface area contributed by atoms with Gasteiger partial charge in [-0.05, 0) is 30.7 Å². The molecule has 0 aliphatic carbocycles. The van der Waals surface area contributed by atoms with Gasteiger partial charge in [0.2, 0.25) is 0 Å². The predicted molar refractivity (Wildman–Crippen MR) is 59.3 cm³/mol. The van der Waals surface area contributed by atoms with Crippen LogP contribution in [0.5, 0.6) is 0 Å². The quantitative estimate of drug-likeness (QED) is 0.525. The fraction of sp³-hybridized carbons (Fsp3) is 0.455. The van der Waals surface area contributed by atoms with Crippen molar-refractivity contribution in [2.24, 2.45) is 0 Å². The van der Waals surface area contributed by atoms with Crippen molar-refractivity contribution in [3.05, 3.63) is 29.8 Å². The molecule has 1 aromatic rings. The number of ether oxygens (including phenoxy) is 1. The minimum Gasteiger partial charge on any atom is -0.399 e. The van der Waals surface area contributed by atoms with Gasteiger partial charge in [-0.1, -0.05) is 12.1 Å². The zero-order valence-corrected chi connectivity index (χ0v) is 8.62. The number of anilines is 1. The first-order valence-electron chi connectivity index (χ1n) is 4.87. The molecule has 0 aromatic heterocycles. The number of hydrogen-bond donors (Lipinski definition) is 2. The summed E-state index contributed by atoms with van der Waals surface area (Å²) < 4.78 is 4.93. The highest BCUT2D eigenvalue weighted by atomic mass is 16.5. The van der Waals surface area contributed by atoms with Gasteiger partial charge in [0.25, 0.3) is 0 Å². The lowest BCUT2D eigenvalue weighted by Crippen LogP contribution is -2.21. The standard InChI is InChI=1S/C11H18N2O/c1-14-9-8-13-7-6-10-2-4-11(12)5-3-10/h2-5,13H,6-9,12H2,1H3. The van der Waals surface area contributed by atoms with Crippen molar-refractivity contribution in [3.63, 3.8) is 0 Å². The highest BCUT2D eigenvalue weighted by molar-refractivity contribution is 5.39. The summed E-state index contributed by atoms with van der Waals surface area (Å²) in [7, 11) is 1.71. The van der Waals surface area contributed by atoms with Crippen LogP contribution in [0.25, 0.3) is 0 Å². The Hall–Kier alpha value is -1.06. The fourth-order valence-electron chi connectivity index (χ4n) is 1.22. The number of methoxy groups -OCH3 is 1. The maximum Gasteiger partial charge on any atom is 0.0587 e. The summed E-state index contributed by atoms with van der Waals surface area (Å²) in [5, 5.41) is 3.29. The Bertz CT molecular complexity index is 246. The van der Waals surface area contributed by atoms with Gasteiger partial charge in [0, 0.05) is 19.3 Å². The topological polar surface area (TPSA) is 47.3 Å². The maximum absolute atomic E-state index is 5.59. The molecule has 1 aromatic carbocycles. The lowest BCUT2D eigenvalue weighted by atomic mass is 10.1. The van der Waals surface area contributed by atoms with Crippen LogP contribution in [-0.4, -0.2) is 26.8 Å². The summed E-state index contributed by atoms with van der Waals surface area (Å²) in [6.45, 7) is 2.65. The smallest absolute Gasteiger partial charge is 0.0587 e. The Morgan fingerprint density at radius 3 is 2.57 bits per heavy atom. The van der Waals surface area contributed by atoms with Crippen LogP contribution in [-0.2, 0) is 11.2 Å². The second kappa shape index (κ2) is 6.40. The molecule has 0 saturated carbocycles. The van der Waals surface area contributed by atoms with E-state index in [2.05, 4.69) is 17.4 Å². The summed E-state index contributed by atoms with van der Waals surface area (Å²) in [5.74, 6) is 0. The molecule has 0 aliphatic heterocycles. The summed E-state index contributed by atoms with van der Waals surface area (Å²) in [4.78, 5) is 0. The molecule has 0 atom stereocenters. The number of nitrogens with one attached hydrogen (secondary N) is 1. The predicted octanol–water partition coefficient (Wildman–Crippen LogP) is 1.05. The molecule has 0 saturated heterocycles. The molecule has 14 heavy (non-hydrogen) atoms. The molecule has 3 nitrogen and oxygen atoms in total. The van der Waals surface area contributed by atoms with Crippen molar-refractivity contribution < 1.29 is 4.74 Å². The van der Waals surface area contributed by atoms with Crippen LogP contribution in [0.1, 0.15) is 5.56 Å². The lowest BCUT2D eigenvalue weighted by Gasteiger charge is -2.04. The van der Waals surface area contributed by atoms with Gasteiger partial charge in [-0.3, -0.25) is 0 Å². The molecular formula is C11H18N2O. The van der Waals surface area contributed by atoms with Crippen molar-refractivity contribution >= 4 is 5.69 Å². The van der Waals surface area contributed by atoms with Gasteiger partial charge in [0.15, 0.2) is 0 Å². The van der Waals surface area contributed by atoms with Crippen LogP contribution in [0, 0.1) is 0 Å². The molecule has 0 aliphatic rings. The minimum absolute atomic E-state index is 0.766. The molecule has 0 unspecified atom stereocenters. The number of nitrogens with two attached hydrogens (primary N) is 1. The first kappa shape index (κ1) is 11.0. The van der Waals surface area contributed by atoms with Crippen LogP contribution in [0.4, 0.5) is 5.69 Å². The Morgan fingerprint density at radius 1 is 1.21 bits per heavy atom. The Balaban J connectivity index is 2.15. The average Bonchev–Trinajstić information content (AvgIpc) is 2.21. The highest BCUT2D eigenvalue weighted by Gasteiger charge is 1.92. The normalized spacial score (nSPS) is 10.4. The first-order valence-corrected chi connectivity index (χ1v) is 4.87. The van der Waals surface area contributed by atoms with Crippen molar-refractivity contribution in [2.75, 3.05) is 32.5 Å². The van der Waals surface area contributed by atoms with Crippen LogP contribution in [0.15, 0.2) is 24.3 Å². The second-order valence-corrected chi connectivity index (χ2v) is 3.23. The van der Waals surface area contributed by atoms with Gasteiger partial charge >= 0.3 is 0 Å². The third kappa shape index (κ3) is 4.25. The summed E-state index contributed by atoms with van der Waals surface area (Å²) in [6, 6.07) is 8.00. The SMILES string of the molecule is COCCNCCc1ccc(N)cc1. The van der Waals surface area contributed by atoms with E-state index in [-0.39, 0.29) is 0 Å². The molecule has 0 bridgehead atoms. The van der Waals surface area contributed by atoms with Crippen LogP contribution in [0.3, 0.4) is 0 Å². The van der Waals surface area contributed by atoms with E-state index in [0.717, 1.165) is 31.8 Å². The van der Waals surface area contributed by atoms with Gasteiger partial charge in [0.1, 0.15) is 0 Å². The van der Waals surface area contributed by atoms with E-state index in [9.17, 15) is 0 Å². The minimum atomic E-state index is 0.766. The second-order valence-electron chi connectivity index (χ2n) is 3.23. The van der Waals surface area contributed by atoms with Gasteiger partial charge in [-0.15, -0.1) is 0 Å². The van der Waals surface area contributed by atoms with E-state index in [1.165, 1.54) is 5.56 Å². The lowest BCUT2D eigenvalue weighted by molar-refractivity contribution is 0.199. The maximum atomic E-state index is 5.59. The molecule has 1 rings (SSSR count). The molecule has 78 valence electrons. The molecular weight excluding hydrogens is 176 g/mol. The number of rotatable bonds is 6. The van der Waals surface area contributed by atoms with Gasteiger partial charge in [0.05, 0.1) is 6.61 Å². The molecule has 0 amide bonds. The van der Waals surface area contributed by atoms with E-state index >= 15 is 0 Å². The average molecular weight is 194 g/mol. The Kier molecular flexibility index (Phi) is 5.04. The zero-order chi connectivity index (χ0) is 10.2. The number of benzene rings is 1. The monoisotopic (exact) mass is 194 g/mol. The van der Waals surface area contributed by atoms with Gasteiger partial charge < -0.3 is 15.8 Å². The number of nitrogen functional groups attached to an aromatic ring is 1. The first-order chi connectivity index (χ1) is 6.83. The van der Waals surface area contributed by atoms with Crippen molar-refractivity contribution in [1.82, 2.24) is 5.32 Å². The largest absolute Gasteiger partial charge is 0.399 e. The van der Waals surface area contributed by atoms with Crippen molar-refractivity contribution in [1.29, 1.82) is 0 Å². The fourth-order valence-corrected chi connectivity index (χ4v) is 1.22. The molecule has 0 heterocycles. The zero-order valence-electron chi connectivity index (χ0n) is 8.62. The van der Waals surface area contributed by atoms with Gasteiger partial charge in [-0.2, -0.15) is 0 Å². The molecule has 3 N–H and O–H groups in total. The molecule has 0 spiro atoms. The molecule has 3 heteroatoms. The van der Waals surface area contributed by atoms with Crippen LogP contribution < -0.4 is 11.1 Å². The van der Waals surface area contributed by atoms with Crippen molar-refractivity contribution in [2.45, 2.75) is 6.42 Å². The Morgan fingerprint density at radius 2 is 1.93 bits per heavy atom. The summed E-state index contributed by atoms with van der Waals surface area (Å²) in [5.41, 5.74) is 7.72. The van der Waals surface area contributed by atoms with E-state index in [1.807, 2.05) is 12.1 Å². The third-order valence-corrected chi connectivity index (χ3v) is 2.05. The highest BCUT2D eigenvalue weighted by Crippen LogP contribution is 2.05. The van der Waals surface area contributed by atoms with E-state index in [4.69, 9.17) is 10.5 Å². The third-order valence-electron chi connectivity index (χ3n) is 2.05. The van der Waals surface area contributed by atoms with Gasteiger partial charge in [-0.25, -0.2) is 0 Å². The summed E-state index contributed by atoms with van der Waals surface area (Å²) in [6.07, 6.45) is 1.03. The number of hydrogen-bond acceptors (Lipinski definition) is 3. The van der Waals surface area contributed by atoms with Crippen molar-refractivity contribution in [3.8, 4) is 0 Å². The van der Waals surface area contributed by atoms with E-state index in [1.54, 1.807) is 7.11 Å². The summed E-state index contributed by atoms with van der Waals surface area (Å²) >= 11 is 0. The Labute approximate surface area is 85.3 Å². The molecule has 0 radical (unpaired) electrons. The van der Waals surface area contributed by atoms with Crippen LogP contribution >= 0.6 is 0 Å². The van der Waals surface area contributed by atoms with E-state index < -0.39 is 0 Å².